The maximum absolute atomic E-state index is 2.34. The Bertz CT molecular complexity index is 285. The van der Waals surface area contributed by atoms with Gasteiger partial charge in [-0.05, 0) is 19.0 Å². The lowest BCUT2D eigenvalue weighted by Gasteiger charge is -2.28. The van der Waals surface area contributed by atoms with E-state index in [0.29, 0.717) is 17.9 Å². The van der Waals surface area contributed by atoms with Gasteiger partial charge in [-0.1, -0.05) is 36.8 Å². The first-order valence-electron chi connectivity index (χ1n) is 4.95. The first-order valence-corrected chi connectivity index (χ1v) is 4.95. The van der Waals surface area contributed by atoms with Gasteiger partial charge in [-0.3, -0.25) is 0 Å². The zero-order valence-corrected chi connectivity index (χ0v) is 8.57. The number of likely N-dealkylation sites (N-methyl/N-ethyl adjacent to an activating group) is 1. The van der Waals surface area contributed by atoms with E-state index in [4.69, 9.17) is 0 Å². The van der Waals surface area contributed by atoms with Gasteiger partial charge in [0, 0.05) is 13.0 Å². The molecule has 0 radical (unpaired) electrons. The normalized spacial score (nSPS) is 37.3. The van der Waals surface area contributed by atoms with Crippen molar-refractivity contribution in [2.75, 3.05) is 7.05 Å². The fourth-order valence-electron chi connectivity index (χ4n) is 2.40. The van der Waals surface area contributed by atoms with E-state index in [0.717, 1.165) is 0 Å². The van der Waals surface area contributed by atoms with E-state index in [1.54, 1.807) is 0 Å². The number of hydrogen-bond donors (Lipinski definition) is 0. The Balaban J connectivity index is 2.33. The number of rotatable bonds is 0. The Morgan fingerprint density at radius 3 is 2.85 bits per heavy atom. The second-order valence-electron chi connectivity index (χ2n) is 4.18. The van der Waals surface area contributed by atoms with Crippen LogP contribution in [0.25, 0.3) is 0 Å². The molecular formula is C12H17N. The van der Waals surface area contributed by atoms with Crippen molar-refractivity contribution in [3.63, 3.8) is 0 Å². The van der Waals surface area contributed by atoms with Gasteiger partial charge in [-0.15, -0.1) is 0 Å². The molecule has 13 heavy (non-hydrogen) atoms. The molecule has 0 fully saturated rings. The Hall–Kier alpha value is -0.980. The Labute approximate surface area is 80.4 Å². The lowest BCUT2D eigenvalue weighted by molar-refractivity contribution is 0.307. The van der Waals surface area contributed by atoms with E-state index in [1.165, 1.54) is 5.57 Å². The third-order valence-electron chi connectivity index (χ3n) is 3.19. The Kier molecular flexibility index (Phi) is 2.03. The molecule has 1 aliphatic carbocycles. The van der Waals surface area contributed by atoms with Gasteiger partial charge >= 0.3 is 0 Å². The van der Waals surface area contributed by atoms with Gasteiger partial charge in [-0.2, -0.15) is 0 Å². The quantitative estimate of drug-likeness (QED) is 0.547. The molecular weight excluding hydrogens is 158 g/mol. The third-order valence-corrected chi connectivity index (χ3v) is 3.19. The van der Waals surface area contributed by atoms with Crippen LogP contribution in [0.1, 0.15) is 13.8 Å². The van der Waals surface area contributed by atoms with E-state index in [-0.39, 0.29) is 0 Å². The first kappa shape index (κ1) is 8.61. The van der Waals surface area contributed by atoms with Crippen molar-refractivity contribution in [1.29, 1.82) is 0 Å². The lowest BCUT2D eigenvalue weighted by Crippen LogP contribution is -2.32. The average Bonchev–Trinajstić information content (AvgIpc) is 2.40. The molecule has 0 aromatic carbocycles. The van der Waals surface area contributed by atoms with E-state index in [2.05, 4.69) is 56.3 Å². The molecule has 0 bridgehead atoms. The van der Waals surface area contributed by atoms with Crippen LogP contribution in [0.2, 0.25) is 0 Å². The fourth-order valence-corrected chi connectivity index (χ4v) is 2.40. The summed E-state index contributed by atoms with van der Waals surface area (Å²) in [5, 5.41) is 0. The summed E-state index contributed by atoms with van der Waals surface area (Å²) in [7, 11) is 2.16. The van der Waals surface area contributed by atoms with Crippen LogP contribution in [0.3, 0.4) is 0 Å². The van der Waals surface area contributed by atoms with E-state index >= 15 is 0 Å². The van der Waals surface area contributed by atoms with E-state index < -0.39 is 0 Å². The van der Waals surface area contributed by atoms with Gasteiger partial charge in [-0.25, -0.2) is 0 Å². The topological polar surface area (TPSA) is 3.24 Å². The van der Waals surface area contributed by atoms with Crippen LogP contribution in [0.5, 0.6) is 0 Å². The maximum atomic E-state index is 2.34. The van der Waals surface area contributed by atoms with Crippen molar-refractivity contribution >= 4 is 0 Å². The molecule has 0 aromatic rings. The summed E-state index contributed by atoms with van der Waals surface area (Å²) in [6.07, 6.45) is 11.3. The smallest absolute Gasteiger partial charge is 0.0562 e. The lowest BCUT2D eigenvalue weighted by atomic mass is 9.87. The van der Waals surface area contributed by atoms with Gasteiger partial charge in [0.15, 0.2) is 0 Å². The molecule has 2 rings (SSSR count). The highest BCUT2D eigenvalue weighted by Gasteiger charge is 2.31. The molecule has 0 amide bonds. The number of nitrogens with zero attached hydrogens (tertiary/aromatic N) is 1. The zero-order chi connectivity index (χ0) is 9.42. The molecule has 2 aliphatic rings. The van der Waals surface area contributed by atoms with Crippen molar-refractivity contribution < 1.29 is 0 Å². The summed E-state index contributed by atoms with van der Waals surface area (Å²) in [4.78, 5) is 2.32. The van der Waals surface area contributed by atoms with Crippen molar-refractivity contribution in [1.82, 2.24) is 4.90 Å². The summed E-state index contributed by atoms with van der Waals surface area (Å²) >= 11 is 0. The molecule has 70 valence electrons. The highest BCUT2D eigenvalue weighted by molar-refractivity contribution is 5.27. The molecule has 1 heterocycles. The zero-order valence-electron chi connectivity index (χ0n) is 8.57. The highest BCUT2D eigenvalue weighted by Crippen LogP contribution is 2.33. The van der Waals surface area contributed by atoms with Crippen molar-refractivity contribution in [3.8, 4) is 0 Å². The minimum atomic E-state index is 0.588. The second-order valence-corrected chi connectivity index (χ2v) is 4.18. The van der Waals surface area contributed by atoms with Gasteiger partial charge in [0.25, 0.3) is 0 Å². The second kappa shape index (κ2) is 3.06. The Morgan fingerprint density at radius 2 is 2.08 bits per heavy atom. The molecule has 3 unspecified atom stereocenters. The van der Waals surface area contributed by atoms with Gasteiger partial charge in [0.1, 0.15) is 0 Å². The predicted molar refractivity (Wildman–Crippen MR) is 56.2 cm³/mol. The summed E-state index contributed by atoms with van der Waals surface area (Å²) in [6.45, 7) is 4.52. The van der Waals surface area contributed by atoms with Crippen molar-refractivity contribution in [2.45, 2.75) is 19.9 Å². The average molecular weight is 175 g/mol. The van der Waals surface area contributed by atoms with E-state index in [9.17, 15) is 0 Å². The van der Waals surface area contributed by atoms with Crippen LogP contribution in [0.15, 0.2) is 36.1 Å². The number of hydrogen-bond acceptors (Lipinski definition) is 1. The number of allylic oxidation sites excluding steroid dienone is 3. The molecule has 1 aliphatic heterocycles. The summed E-state index contributed by atoms with van der Waals surface area (Å²) < 4.78 is 0. The molecule has 1 heteroatoms. The van der Waals surface area contributed by atoms with Crippen LogP contribution in [-0.4, -0.2) is 18.0 Å². The van der Waals surface area contributed by atoms with Gasteiger partial charge < -0.3 is 4.90 Å². The molecule has 0 saturated heterocycles. The SMILES string of the molecule is CC1=CC=CC(C)C2C=CN(C)C12. The minimum Gasteiger partial charge on any atom is -0.373 e. The molecule has 1 nitrogen and oxygen atoms in total. The monoisotopic (exact) mass is 175 g/mol. The molecule has 3 atom stereocenters. The van der Waals surface area contributed by atoms with Crippen LogP contribution in [-0.2, 0) is 0 Å². The fraction of sp³-hybridized carbons (Fsp3) is 0.500. The minimum absolute atomic E-state index is 0.588. The Morgan fingerprint density at radius 1 is 1.31 bits per heavy atom. The van der Waals surface area contributed by atoms with Gasteiger partial charge in [0.2, 0.25) is 0 Å². The van der Waals surface area contributed by atoms with Crippen molar-refractivity contribution in [3.05, 3.63) is 36.1 Å². The van der Waals surface area contributed by atoms with Gasteiger partial charge in [0.05, 0.1) is 6.04 Å². The molecule has 0 N–H and O–H groups in total. The largest absolute Gasteiger partial charge is 0.373 e. The van der Waals surface area contributed by atoms with Crippen LogP contribution in [0.4, 0.5) is 0 Å². The summed E-state index contributed by atoms with van der Waals surface area (Å²) in [6, 6.07) is 0.588. The first-order chi connectivity index (χ1) is 6.20. The molecule has 0 spiro atoms. The van der Waals surface area contributed by atoms with Crippen LogP contribution in [0, 0.1) is 11.8 Å². The highest BCUT2D eigenvalue weighted by atomic mass is 15.1. The van der Waals surface area contributed by atoms with Crippen LogP contribution < -0.4 is 0 Å². The van der Waals surface area contributed by atoms with E-state index in [1.807, 2.05) is 0 Å². The summed E-state index contributed by atoms with van der Waals surface area (Å²) in [5.41, 5.74) is 1.47. The maximum Gasteiger partial charge on any atom is 0.0562 e. The standard InChI is InChI=1S/C12H17N/c1-9-5-4-6-10(2)12-11(9)7-8-13(12)3/h4-9,11-12H,1-3H3. The third kappa shape index (κ3) is 1.32. The molecule has 0 saturated carbocycles. The predicted octanol–water partition coefficient (Wildman–Crippen LogP) is 2.58. The summed E-state index contributed by atoms with van der Waals surface area (Å²) in [5.74, 6) is 1.32. The van der Waals surface area contributed by atoms with Crippen molar-refractivity contribution in [2.24, 2.45) is 11.8 Å². The van der Waals surface area contributed by atoms with Crippen LogP contribution >= 0.6 is 0 Å². The number of fused-ring (bicyclic) bond motifs is 1. The molecule has 0 aromatic heterocycles.